The van der Waals surface area contributed by atoms with Gasteiger partial charge in [0.2, 0.25) is 0 Å². The van der Waals surface area contributed by atoms with E-state index < -0.39 is 12.7 Å². The normalized spacial score (nSPS) is 17.0. The van der Waals surface area contributed by atoms with E-state index in [-0.39, 0.29) is 30.0 Å². The summed E-state index contributed by atoms with van der Waals surface area (Å²) in [4.78, 5) is 10.2. The van der Waals surface area contributed by atoms with Crippen molar-refractivity contribution in [3.05, 3.63) is 59.9 Å². The van der Waals surface area contributed by atoms with E-state index in [1.807, 2.05) is 49.4 Å². The van der Waals surface area contributed by atoms with Crippen molar-refractivity contribution >= 4 is 29.9 Å². The van der Waals surface area contributed by atoms with Crippen molar-refractivity contribution in [2.45, 2.75) is 38.7 Å². The molecular weight excluding hydrogens is 534 g/mol. The zero-order valence-corrected chi connectivity index (χ0v) is 20.3. The molecule has 2 heterocycles. The Balaban J connectivity index is 0.00000363. The summed E-state index contributed by atoms with van der Waals surface area (Å²) in [7, 11) is 0. The van der Waals surface area contributed by atoms with Gasteiger partial charge in [-0.3, -0.25) is 9.88 Å². The highest BCUT2D eigenvalue weighted by Crippen LogP contribution is 2.20. The number of aliphatic imine (C=N–C) groups is 1. The molecule has 10 heteroatoms. The second-order valence-corrected chi connectivity index (χ2v) is 7.43. The lowest BCUT2D eigenvalue weighted by molar-refractivity contribution is -0.143. The predicted molar refractivity (Wildman–Crippen MR) is 129 cm³/mol. The van der Waals surface area contributed by atoms with Crippen LogP contribution in [-0.4, -0.2) is 54.2 Å². The Labute approximate surface area is 203 Å². The van der Waals surface area contributed by atoms with Crippen molar-refractivity contribution in [1.82, 2.24) is 20.5 Å². The molecule has 1 unspecified atom stereocenters. The number of nitrogens with zero attached hydrogens (tertiary/aromatic N) is 3. The lowest BCUT2D eigenvalue weighted by atomic mass is 10.2. The fraction of sp³-hybridized carbons (Fsp3) is 0.455. The molecule has 2 N–H and O–H groups in total. The van der Waals surface area contributed by atoms with E-state index in [0.717, 1.165) is 17.0 Å². The van der Waals surface area contributed by atoms with Gasteiger partial charge in [0.1, 0.15) is 12.4 Å². The van der Waals surface area contributed by atoms with E-state index >= 15 is 0 Å². The lowest BCUT2D eigenvalue weighted by Gasteiger charge is -2.19. The highest BCUT2D eigenvalue weighted by molar-refractivity contribution is 14.0. The molecule has 6 nitrogen and oxygen atoms in total. The summed E-state index contributed by atoms with van der Waals surface area (Å²) in [5, 5.41) is 6.41. The molecule has 1 fully saturated rings. The average Bonchev–Trinajstić information content (AvgIpc) is 3.17. The van der Waals surface area contributed by atoms with E-state index in [4.69, 9.17) is 4.74 Å². The first-order valence-corrected chi connectivity index (χ1v) is 10.4. The second-order valence-electron chi connectivity index (χ2n) is 7.43. The van der Waals surface area contributed by atoms with Crippen LogP contribution in [0.3, 0.4) is 0 Å². The number of pyridine rings is 1. The molecule has 1 aliphatic heterocycles. The van der Waals surface area contributed by atoms with Crippen molar-refractivity contribution in [1.29, 1.82) is 0 Å². The van der Waals surface area contributed by atoms with Gasteiger partial charge in [-0.15, -0.1) is 24.0 Å². The summed E-state index contributed by atoms with van der Waals surface area (Å²) in [6, 6.07) is 13.3. The van der Waals surface area contributed by atoms with Gasteiger partial charge in [0.25, 0.3) is 0 Å². The molecule has 1 aromatic heterocycles. The van der Waals surface area contributed by atoms with Crippen LogP contribution >= 0.6 is 24.0 Å². The molecule has 0 spiro atoms. The summed E-state index contributed by atoms with van der Waals surface area (Å²) >= 11 is 0. The van der Waals surface area contributed by atoms with E-state index in [1.54, 1.807) is 6.20 Å². The Bertz CT molecular complexity index is 834. The Kier molecular flexibility index (Phi) is 10.5. The predicted octanol–water partition coefficient (Wildman–Crippen LogP) is 3.97. The van der Waals surface area contributed by atoms with Crippen LogP contribution in [0.2, 0.25) is 0 Å². The molecule has 0 aliphatic carbocycles. The SMILES string of the molecule is CCNC(=NCc1ccc(OCc2ccccn2)cc1)NC1CCN(CC(F)(F)F)C1.I. The third kappa shape index (κ3) is 9.19. The minimum atomic E-state index is -4.17. The van der Waals surface area contributed by atoms with Crippen molar-refractivity contribution in [2.75, 3.05) is 26.2 Å². The Morgan fingerprint density at radius 3 is 2.66 bits per heavy atom. The van der Waals surface area contributed by atoms with Crippen LogP contribution in [0.25, 0.3) is 0 Å². The molecule has 1 atom stereocenters. The number of likely N-dealkylation sites (tertiary alicyclic amines) is 1. The minimum Gasteiger partial charge on any atom is -0.487 e. The van der Waals surface area contributed by atoms with Gasteiger partial charge in [-0.2, -0.15) is 13.2 Å². The third-order valence-corrected chi connectivity index (χ3v) is 4.82. The molecule has 0 radical (unpaired) electrons. The average molecular weight is 563 g/mol. The van der Waals surface area contributed by atoms with E-state index in [0.29, 0.717) is 45.2 Å². The number of ether oxygens (including phenoxy) is 1. The third-order valence-electron chi connectivity index (χ3n) is 4.82. The second kappa shape index (κ2) is 12.8. The number of hydrogen-bond acceptors (Lipinski definition) is 4. The fourth-order valence-corrected chi connectivity index (χ4v) is 3.36. The first-order chi connectivity index (χ1) is 14.9. The highest BCUT2D eigenvalue weighted by atomic mass is 127. The molecule has 1 aliphatic rings. The number of nitrogens with one attached hydrogen (secondary N) is 2. The van der Waals surface area contributed by atoms with E-state index in [1.165, 1.54) is 4.90 Å². The monoisotopic (exact) mass is 563 g/mol. The van der Waals surface area contributed by atoms with Crippen molar-refractivity contribution in [3.63, 3.8) is 0 Å². The van der Waals surface area contributed by atoms with Crippen LogP contribution in [-0.2, 0) is 13.2 Å². The van der Waals surface area contributed by atoms with Crippen LogP contribution in [0.4, 0.5) is 13.2 Å². The van der Waals surface area contributed by atoms with Gasteiger partial charge < -0.3 is 15.4 Å². The van der Waals surface area contributed by atoms with Crippen molar-refractivity contribution in [2.24, 2.45) is 4.99 Å². The van der Waals surface area contributed by atoms with Crippen LogP contribution in [0.5, 0.6) is 5.75 Å². The number of hydrogen-bond donors (Lipinski definition) is 2. The first kappa shape index (κ1) is 26.2. The van der Waals surface area contributed by atoms with Gasteiger partial charge in [0.15, 0.2) is 5.96 Å². The smallest absolute Gasteiger partial charge is 0.401 e. The zero-order chi connectivity index (χ0) is 22.1. The molecule has 0 bridgehead atoms. The van der Waals surface area contributed by atoms with Crippen LogP contribution in [0, 0.1) is 0 Å². The molecule has 3 rings (SSSR count). The van der Waals surface area contributed by atoms with Gasteiger partial charge in [-0.05, 0) is 43.2 Å². The summed E-state index contributed by atoms with van der Waals surface area (Å²) in [6.45, 7) is 3.39. The molecule has 32 heavy (non-hydrogen) atoms. The molecular formula is C22H29F3IN5O. The maximum absolute atomic E-state index is 12.6. The number of guanidine groups is 1. The van der Waals surface area contributed by atoms with Gasteiger partial charge in [0, 0.05) is 31.9 Å². The van der Waals surface area contributed by atoms with Crippen molar-refractivity contribution in [3.8, 4) is 5.75 Å². The van der Waals surface area contributed by atoms with Crippen LogP contribution in [0.1, 0.15) is 24.6 Å². The standard InChI is InChI=1S/C22H28F3N5O.HI/c1-2-26-21(29-18-10-12-30(14-18)16-22(23,24)25)28-13-17-6-8-20(9-7-17)31-15-19-5-3-4-11-27-19;/h3-9,11,18H,2,10,12-16H2,1H3,(H2,26,28,29);1H. The molecule has 1 aromatic carbocycles. The topological polar surface area (TPSA) is 61.8 Å². The number of halogens is 4. The lowest BCUT2D eigenvalue weighted by Crippen LogP contribution is -2.45. The highest BCUT2D eigenvalue weighted by Gasteiger charge is 2.34. The largest absolute Gasteiger partial charge is 0.487 e. The number of benzene rings is 1. The molecule has 0 saturated carbocycles. The van der Waals surface area contributed by atoms with Gasteiger partial charge in [-0.25, -0.2) is 4.99 Å². The summed E-state index contributed by atoms with van der Waals surface area (Å²) in [5.41, 5.74) is 1.87. The summed E-state index contributed by atoms with van der Waals surface area (Å²) in [6.07, 6.45) is -1.78. The molecule has 2 aromatic rings. The number of aromatic nitrogens is 1. The fourth-order valence-electron chi connectivity index (χ4n) is 3.36. The Hall–Kier alpha value is -2.08. The number of rotatable bonds is 8. The number of alkyl halides is 3. The van der Waals surface area contributed by atoms with Gasteiger partial charge in [-0.1, -0.05) is 18.2 Å². The molecule has 176 valence electrons. The Morgan fingerprint density at radius 2 is 2.00 bits per heavy atom. The van der Waals surface area contributed by atoms with E-state index in [9.17, 15) is 13.2 Å². The van der Waals surface area contributed by atoms with Gasteiger partial charge in [0.05, 0.1) is 18.8 Å². The minimum absolute atomic E-state index is 0. The zero-order valence-electron chi connectivity index (χ0n) is 17.9. The first-order valence-electron chi connectivity index (χ1n) is 10.4. The Morgan fingerprint density at radius 1 is 1.22 bits per heavy atom. The maximum atomic E-state index is 12.6. The molecule has 0 amide bonds. The summed E-state index contributed by atoms with van der Waals surface area (Å²) < 4.78 is 43.5. The van der Waals surface area contributed by atoms with Crippen molar-refractivity contribution < 1.29 is 17.9 Å². The maximum Gasteiger partial charge on any atom is 0.401 e. The quantitative estimate of drug-likeness (QED) is 0.289. The van der Waals surface area contributed by atoms with Gasteiger partial charge >= 0.3 is 6.18 Å². The van der Waals surface area contributed by atoms with E-state index in [2.05, 4.69) is 20.6 Å². The van der Waals surface area contributed by atoms with Crippen LogP contribution < -0.4 is 15.4 Å². The molecule has 1 saturated heterocycles. The summed E-state index contributed by atoms with van der Waals surface area (Å²) in [5.74, 6) is 1.36. The van der Waals surface area contributed by atoms with Crippen LogP contribution in [0.15, 0.2) is 53.7 Å².